The fourth-order valence-electron chi connectivity index (χ4n) is 6.09. The van der Waals surface area contributed by atoms with E-state index in [1.807, 2.05) is 0 Å². The van der Waals surface area contributed by atoms with E-state index in [-0.39, 0.29) is 33.7 Å². The van der Waals surface area contributed by atoms with Gasteiger partial charge in [-0.15, -0.1) is 16.9 Å². The van der Waals surface area contributed by atoms with Crippen LogP contribution in [0.25, 0.3) is 11.4 Å². The number of aliphatic carboxylic acids is 2. The van der Waals surface area contributed by atoms with Gasteiger partial charge in [0.1, 0.15) is 35.3 Å². The number of fused-ring (bicyclic) bond motifs is 1. The largest absolute Gasteiger partial charge is 0.493 e. The molecule has 2 aliphatic rings. The van der Waals surface area contributed by atoms with Crippen LogP contribution in [-0.2, 0) is 35.3 Å². The Morgan fingerprint density at radius 1 is 1.02 bits per heavy atom. The van der Waals surface area contributed by atoms with Crippen molar-refractivity contribution in [2.75, 3.05) is 16.4 Å². The van der Waals surface area contributed by atoms with Crippen molar-refractivity contribution in [2.24, 2.45) is 11.5 Å². The summed E-state index contributed by atoms with van der Waals surface area (Å²) in [6.07, 6.45) is 0.953. The number of benzene rings is 2. The number of amides is 5. The van der Waals surface area contributed by atoms with Crippen molar-refractivity contribution < 1.29 is 48.9 Å². The first kappa shape index (κ1) is 41.1. The number of carboxylic acid groups (broad SMARTS) is 2. The molecule has 0 saturated carbocycles. The number of tetrazole rings is 1. The molecule has 2 aliphatic heterocycles. The highest BCUT2D eigenvalue weighted by atomic mass is 32.2. The summed E-state index contributed by atoms with van der Waals surface area (Å²) in [6, 6.07) is 9.80. The minimum atomic E-state index is -1.57. The third-order valence-corrected chi connectivity index (χ3v) is 11.2. The highest BCUT2D eigenvalue weighted by Crippen LogP contribution is 2.44. The standard InChI is InChI=1S/C35H33N11O10S2/c1-16(36)29(51)44(17(2)47)21-10-8-19(9-11-21)27-38-12-22(28(50)39-27)30(52)45(31(53)24(37)18-6-4-3-5-7-18)26-32(54)46-25(34(55)56)20(14-57-33(26)46)15-58-35-40-41-42-43(35)13-23(48)49/h3-12,16,24,26,33H,13-15,36-37H2,1-2H3,(H,48,49)(H,55,56)(H,38,39,50)/t16-,24?,26?,33-/m0/s1. The van der Waals surface area contributed by atoms with Crippen LogP contribution in [0.4, 0.5) is 5.69 Å². The summed E-state index contributed by atoms with van der Waals surface area (Å²) in [6.45, 7) is 2.10. The van der Waals surface area contributed by atoms with E-state index >= 15 is 0 Å². The number of anilines is 1. The van der Waals surface area contributed by atoms with Crippen molar-refractivity contribution >= 4 is 70.7 Å². The zero-order valence-electron chi connectivity index (χ0n) is 30.4. The number of thioether (sulfide) groups is 2. The van der Waals surface area contributed by atoms with Gasteiger partial charge in [0.2, 0.25) is 22.9 Å². The molecule has 0 radical (unpaired) electrons. The van der Waals surface area contributed by atoms with E-state index in [2.05, 4.69) is 25.5 Å². The minimum absolute atomic E-state index is 0.0203. The SMILES string of the molecule is CC(=O)N(C(=O)[C@H](C)N)c1ccc(-c2ncc(C(=O)N(C(=O)C(N)c3ccccc3)C3C(=O)N4C(C(=O)O)=C(CSc5nnnn5CC(=O)O)CS[C@@H]34)c(O)n2)cc1. The molecule has 0 aliphatic carbocycles. The summed E-state index contributed by atoms with van der Waals surface area (Å²) in [4.78, 5) is 102. The number of rotatable bonds is 13. The second-order valence-electron chi connectivity index (χ2n) is 12.8. The molecule has 4 heterocycles. The lowest BCUT2D eigenvalue weighted by atomic mass is 9.98. The molecule has 1 saturated heterocycles. The van der Waals surface area contributed by atoms with Crippen molar-refractivity contribution in [1.82, 2.24) is 40.0 Å². The number of β-lactam (4-membered cyclic amide) rings is 1. The van der Waals surface area contributed by atoms with Crippen LogP contribution in [0.3, 0.4) is 0 Å². The number of nitrogens with two attached hydrogens (primary N) is 2. The van der Waals surface area contributed by atoms with Crippen molar-refractivity contribution in [3.8, 4) is 17.3 Å². The molecule has 2 aromatic carbocycles. The van der Waals surface area contributed by atoms with Crippen LogP contribution in [-0.4, -0.2) is 126 Å². The Balaban J connectivity index is 1.30. The second kappa shape index (κ2) is 16.9. The number of aromatic hydroxyl groups is 1. The molecule has 7 N–H and O–H groups in total. The molecule has 4 aromatic rings. The van der Waals surface area contributed by atoms with E-state index in [0.717, 1.165) is 44.2 Å². The molecule has 300 valence electrons. The Labute approximate surface area is 336 Å². The Bertz CT molecular complexity index is 2360. The summed E-state index contributed by atoms with van der Waals surface area (Å²) in [5.74, 6) is -7.98. The third kappa shape index (κ3) is 8.00. The van der Waals surface area contributed by atoms with Crippen LogP contribution in [0.15, 0.2) is 77.2 Å². The van der Waals surface area contributed by atoms with Gasteiger partial charge in [0.05, 0.1) is 11.7 Å². The number of hydrogen-bond acceptors (Lipinski definition) is 17. The van der Waals surface area contributed by atoms with Gasteiger partial charge in [-0.2, -0.15) is 4.98 Å². The van der Waals surface area contributed by atoms with E-state index in [1.165, 1.54) is 38.1 Å². The lowest BCUT2D eigenvalue weighted by molar-refractivity contribution is -0.157. The highest BCUT2D eigenvalue weighted by molar-refractivity contribution is 8.01. The van der Waals surface area contributed by atoms with Crippen molar-refractivity contribution in [3.05, 3.63) is 83.2 Å². The van der Waals surface area contributed by atoms with Crippen LogP contribution in [0.2, 0.25) is 0 Å². The molecule has 5 amide bonds. The maximum absolute atomic E-state index is 14.3. The van der Waals surface area contributed by atoms with Gasteiger partial charge < -0.3 is 26.8 Å². The molecule has 1 fully saturated rings. The van der Waals surface area contributed by atoms with Gasteiger partial charge in [0, 0.05) is 30.2 Å². The first-order valence-electron chi connectivity index (χ1n) is 17.1. The van der Waals surface area contributed by atoms with Crippen LogP contribution < -0.4 is 16.4 Å². The van der Waals surface area contributed by atoms with Gasteiger partial charge in [0.25, 0.3) is 17.7 Å². The zero-order valence-corrected chi connectivity index (χ0v) is 32.0. The Morgan fingerprint density at radius 3 is 2.31 bits per heavy atom. The molecular formula is C35H33N11O10S2. The van der Waals surface area contributed by atoms with Gasteiger partial charge >= 0.3 is 11.9 Å². The maximum Gasteiger partial charge on any atom is 0.352 e. The van der Waals surface area contributed by atoms with Crippen molar-refractivity contribution in [2.45, 2.75) is 49.0 Å². The number of carboxylic acids is 2. The summed E-state index contributed by atoms with van der Waals surface area (Å²) < 4.78 is 1.02. The quantitative estimate of drug-likeness (QED) is 0.0889. The Morgan fingerprint density at radius 2 is 1.71 bits per heavy atom. The second-order valence-corrected chi connectivity index (χ2v) is 14.8. The van der Waals surface area contributed by atoms with Crippen LogP contribution in [0.1, 0.15) is 35.8 Å². The van der Waals surface area contributed by atoms with Gasteiger partial charge in [-0.1, -0.05) is 42.1 Å². The van der Waals surface area contributed by atoms with Crippen molar-refractivity contribution in [3.63, 3.8) is 0 Å². The first-order chi connectivity index (χ1) is 27.6. The average molecular weight is 832 g/mol. The molecule has 23 heteroatoms. The normalized spacial score (nSPS) is 17.1. The summed E-state index contributed by atoms with van der Waals surface area (Å²) in [7, 11) is 0. The van der Waals surface area contributed by atoms with Gasteiger partial charge in [-0.05, 0) is 52.8 Å². The Hall–Kier alpha value is -6.56. The van der Waals surface area contributed by atoms with E-state index in [9.17, 15) is 43.8 Å². The van der Waals surface area contributed by atoms with Gasteiger partial charge in [-0.3, -0.25) is 38.6 Å². The molecule has 2 aromatic heterocycles. The fourth-order valence-corrected chi connectivity index (χ4v) is 8.50. The molecule has 2 unspecified atom stereocenters. The number of imide groups is 2. The summed E-state index contributed by atoms with van der Waals surface area (Å²) in [5, 5.41) is 40.4. The van der Waals surface area contributed by atoms with E-state index < -0.39 is 88.7 Å². The number of aromatic nitrogens is 6. The third-order valence-electron chi connectivity index (χ3n) is 8.85. The number of nitrogens with zero attached hydrogens (tertiary/aromatic N) is 9. The number of carbonyl (C=O) groups is 7. The average Bonchev–Trinajstić information content (AvgIpc) is 3.64. The first-order valence-corrected chi connectivity index (χ1v) is 19.1. The molecule has 0 bridgehead atoms. The van der Waals surface area contributed by atoms with Crippen LogP contribution in [0, 0.1) is 0 Å². The zero-order chi connectivity index (χ0) is 42.0. The fraction of sp³-hybridized carbons (Fsp3) is 0.257. The maximum atomic E-state index is 14.3. The molecule has 58 heavy (non-hydrogen) atoms. The Kier molecular flexibility index (Phi) is 12.0. The molecule has 4 atom stereocenters. The molecule has 0 spiro atoms. The summed E-state index contributed by atoms with van der Waals surface area (Å²) >= 11 is 2.02. The van der Waals surface area contributed by atoms with E-state index in [0.29, 0.717) is 16.0 Å². The lowest BCUT2D eigenvalue weighted by Crippen LogP contribution is -2.72. The smallest absolute Gasteiger partial charge is 0.352 e. The van der Waals surface area contributed by atoms with E-state index in [1.54, 1.807) is 30.3 Å². The molecule has 21 nitrogen and oxygen atoms in total. The summed E-state index contributed by atoms with van der Waals surface area (Å²) in [5.41, 5.74) is 12.2. The molecular weight excluding hydrogens is 799 g/mol. The van der Waals surface area contributed by atoms with Crippen LogP contribution in [0.5, 0.6) is 5.88 Å². The van der Waals surface area contributed by atoms with Crippen LogP contribution >= 0.6 is 23.5 Å². The molecule has 6 rings (SSSR count). The minimum Gasteiger partial charge on any atom is -0.493 e. The highest BCUT2D eigenvalue weighted by Gasteiger charge is 2.59. The lowest BCUT2D eigenvalue weighted by Gasteiger charge is -2.52. The number of carbonyl (C=O) groups excluding carboxylic acids is 5. The predicted octanol–water partition coefficient (Wildman–Crippen LogP) is 0.231. The monoisotopic (exact) mass is 831 g/mol. The van der Waals surface area contributed by atoms with Crippen molar-refractivity contribution in [1.29, 1.82) is 0 Å². The van der Waals surface area contributed by atoms with Gasteiger partial charge in [0.15, 0.2) is 5.82 Å². The topological polar surface area (TPSA) is 311 Å². The van der Waals surface area contributed by atoms with Gasteiger partial charge in [-0.25, -0.2) is 19.4 Å². The van der Waals surface area contributed by atoms with E-state index in [4.69, 9.17) is 16.6 Å². The number of hydrogen-bond donors (Lipinski definition) is 5. The predicted molar refractivity (Wildman–Crippen MR) is 203 cm³/mol.